The van der Waals surface area contributed by atoms with Gasteiger partial charge in [0.15, 0.2) is 5.82 Å². The Kier molecular flexibility index (Phi) is 6.67. The maximum absolute atomic E-state index is 12.7. The Labute approximate surface area is 209 Å². The summed E-state index contributed by atoms with van der Waals surface area (Å²) in [4.78, 5) is 21.7. The number of amides is 1. The van der Waals surface area contributed by atoms with Crippen LogP contribution in [0, 0.1) is 6.92 Å². The van der Waals surface area contributed by atoms with E-state index in [0.29, 0.717) is 28.6 Å². The lowest BCUT2D eigenvalue weighted by atomic mass is 10.1. The highest BCUT2D eigenvalue weighted by molar-refractivity contribution is 6.04. The molecule has 6 nitrogen and oxygen atoms in total. The number of hydrogen-bond donors (Lipinski definition) is 2. The number of aryl methyl sites for hydroxylation is 1. The molecule has 1 amide bonds. The van der Waals surface area contributed by atoms with Gasteiger partial charge in [-0.2, -0.15) is 0 Å². The van der Waals surface area contributed by atoms with Crippen LogP contribution < -0.4 is 15.4 Å². The second-order valence-electron chi connectivity index (χ2n) is 8.23. The van der Waals surface area contributed by atoms with E-state index in [1.807, 2.05) is 104 Å². The molecule has 0 aliphatic rings. The number of rotatable bonds is 7. The molecule has 0 saturated carbocycles. The van der Waals surface area contributed by atoms with E-state index in [2.05, 4.69) is 20.6 Å². The highest BCUT2D eigenvalue weighted by Gasteiger charge is 2.08. The number of carbonyl (C=O) groups excluding carboxylic acids is 1. The lowest BCUT2D eigenvalue weighted by molar-refractivity contribution is 0.102. The van der Waals surface area contributed by atoms with Crippen LogP contribution in [0.25, 0.3) is 11.4 Å². The first-order valence-corrected chi connectivity index (χ1v) is 11.5. The Morgan fingerprint density at radius 1 is 0.722 bits per heavy atom. The van der Waals surface area contributed by atoms with E-state index >= 15 is 0 Å². The number of para-hydroxylation sites is 1. The van der Waals surface area contributed by atoms with Gasteiger partial charge in [0.1, 0.15) is 17.3 Å². The van der Waals surface area contributed by atoms with Gasteiger partial charge in [0.05, 0.1) is 0 Å². The number of ether oxygens (including phenoxy) is 1. The van der Waals surface area contributed by atoms with Gasteiger partial charge in [-0.15, -0.1) is 0 Å². The van der Waals surface area contributed by atoms with Gasteiger partial charge in [-0.25, -0.2) is 9.97 Å². The molecule has 0 aliphatic carbocycles. The molecule has 6 heteroatoms. The fourth-order valence-electron chi connectivity index (χ4n) is 3.56. The summed E-state index contributed by atoms with van der Waals surface area (Å²) in [5.74, 6) is 2.59. The molecule has 2 N–H and O–H groups in total. The second kappa shape index (κ2) is 10.5. The summed E-state index contributed by atoms with van der Waals surface area (Å²) >= 11 is 0. The number of hydrogen-bond acceptors (Lipinski definition) is 5. The lowest BCUT2D eigenvalue weighted by Crippen LogP contribution is -2.11. The molecule has 36 heavy (non-hydrogen) atoms. The first kappa shape index (κ1) is 22.8. The molecule has 1 aromatic heterocycles. The Morgan fingerprint density at radius 2 is 1.39 bits per heavy atom. The van der Waals surface area contributed by atoms with E-state index in [-0.39, 0.29) is 5.91 Å². The largest absolute Gasteiger partial charge is 0.457 e. The van der Waals surface area contributed by atoms with Gasteiger partial charge in [-0.1, -0.05) is 48.0 Å². The third kappa shape index (κ3) is 5.74. The molecule has 0 saturated heterocycles. The molecular weight excluding hydrogens is 448 g/mol. The fourth-order valence-corrected chi connectivity index (χ4v) is 3.56. The molecule has 0 radical (unpaired) electrons. The predicted molar refractivity (Wildman–Crippen MR) is 143 cm³/mol. The molecule has 0 atom stereocenters. The van der Waals surface area contributed by atoms with Crippen molar-refractivity contribution in [3.05, 3.63) is 127 Å². The summed E-state index contributed by atoms with van der Waals surface area (Å²) in [7, 11) is 0. The number of carbonyl (C=O) groups is 1. The van der Waals surface area contributed by atoms with Crippen LogP contribution in [0.1, 0.15) is 15.9 Å². The lowest BCUT2D eigenvalue weighted by Gasteiger charge is -2.10. The highest BCUT2D eigenvalue weighted by atomic mass is 16.5. The fraction of sp³-hybridized carbons (Fsp3) is 0.0333. The Balaban J connectivity index is 1.20. The first-order chi connectivity index (χ1) is 17.6. The van der Waals surface area contributed by atoms with E-state index in [1.165, 1.54) is 5.56 Å². The zero-order valence-electron chi connectivity index (χ0n) is 19.7. The standard InChI is InChI=1S/C30H24N4O2/c1-21-7-9-22(10-8-21)29-31-20-19-28(34-29)32-24-13-11-23(12-14-24)30(35)33-25-15-17-27(18-16-25)36-26-5-3-2-4-6-26/h2-20H,1H3,(H,33,35)(H,31,32,34). The first-order valence-electron chi connectivity index (χ1n) is 11.5. The van der Waals surface area contributed by atoms with E-state index in [4.69, 9.17) is 4.74 Å². The van der Waals surface area contributed by atoms with E-state index in [0.717, 1.165) is 17.0 Å². The average Bonchev–Trinajstić information content (AvgIpc) is 2.91. The monoisotopic (exact) mass is 472 g/mol. The molecule has 5 rings (SSSR count). The molecule has 0 fully saturated rings. The van der Waals surface area contributed by atoms with Crippen LogP contribution in [0.3, 0.4) is 0 Å². The van der Waals surface area contributed by atoms with Crippen molar-refractivity contribution in [1.82, 2.24) is 9.97 Å². The molecule has 0 bridgehead atoms. The van der Waals surface area contributed by atoms with Gasteiger partial charge < -0.3 is 15.4 Å². The second-order valence-corrected chi connectivity index (χ2v) is 8.23. The summed E-state index contributed by atoms with van der Waals surface area (Å²) in [5.41, 5.74) is 4.20. The highest BCUT2D eigenvalue weighted by Crippen LogP contribution is 2.24. The third-order valence-electron chi connectivity index (χ3n) is 5.48. The van der Waals surface area contributed by atoms with E-state index < -0.39 is 0 Å². The topological polar surface area (TPSA) is 76.1 Å². The third-order valence-corrected chi connectivity index (χ3v) is 5.48. The van der Waals surface area contributed by atoms with Crippen LogP contribution in [0.2, 0.25) is 0 Å². The van der Waals surface area contributed by atoms with Crippen LogP contribution >= 0.6 is 0 Å². The van der Waals surface area contributed by atoms with Gasteiger partial charge >= 0.3 is 0 Å². The van der Waals surface area contributed by atoms with Crippen molar-refractivity contribution in [2.45, 2.75) is 6.92 Å². The molecular formula is C30H24N4O2. The molecule has 0 spiro atoms. The van der Waals surface area contributed by atoms with Crippen LogP contribution in [0.5, 0.6) is 11.5 Å². The molecule has 4 aromatic carbocycles. The van der Waals surface area contributed by atoms with Crippen molar-refractivity contribution in [2.75, 3.05) is 10.6 Å². The SMILES string of the molecule is Cc1ccc(-c2nccc(Nc3ccc(C(=O)Nc4ccc(Oc5ccccc5)cc4)cc3)n2)cc1. The minimum absolute atomic E-state index is 0.193. The van der Waals surface area contributed by atoms with Crippen molar-refractivity contribution in [1.29, 1.82) is 0 Å². The normalized spacial score (nSPS) is 10.5. The number of anilines is 3. The van der Waals surface area contributed by atoms with Gasteiger partial charge in [0.2, 0.25) is 0 Å². The summed E-state index contributed by atoms with van der Waals surface area (Å²) in [5, 5.41) is 6.18. The van der Waals surface area contributed by atoms with Gasteiger partial charge in [0.25, 0.3) is 5.91 Å². The molecule has 1 heterocycles. The number of nitrogens with zero attached hydrogens (tertiary/aromatic N) is 2. The molecule has 0 unspecified atom stereocenters. The van der Waals surface area contributed by atoms with Crippen LogP contribution in [0.15, 0.2) is 115 Å². The molecule has 0 aliphatic heterocycles. The van der Waals surface area contributed by atoms with Crippen molar-refractivity contribution in [3.63, 3.8) is 0 Å². The Bertz CT molecular complexity index is 1450. The number of benzene rings is 4. The summed E-state index contributed by atoms with van der Waals surface area (Å²) in [6.07, 6.45) is 1.72. The van der Waals surface area contributed by atoms with Crippen LogP contribution in [0.4, 0.5) is 17.2 Å². The maximum Gasteiger partial charge on any atom is 0.255 e. The zero-order valence-corrected chi connectivity index (χ0v) is 19.7. The van der Waals surface area contributed by atoms with Crippen molar-refractivity contribution in [2.24, 2.45) is 0 Å². The molecule has 176 valence electrons. The minimum Gasteiger partial charge on any atom is -0.457 e. The summed E-state index contributed by atoms with van der Waals surface area (Å²) in [6.45, 7) is 2.05. The summed E-state index contributed by atoms with van der Waals surface area (Å²) in [6, 6.07) is 34.0. The van der Waals surface area contributed by atoms with Crippen molar-refractivity contribution >= 4 is 23.1 Å². The minimum atomic E-state index is -0.193. The Hall–Kier alpha value is -4.97. The van der Waals surface area contributed by atoms with Crippen LogP contribution in [-0.4, -0.2) is 15.9 Å². The molecule has 5 aromatic rings. The predicted octanol–water partition coefficient (Wildman–Crippen LogP) is 7.24. The number of nitrogens with one attached hydrogen (secondary N) is 2. The van der Waals surface area contributed by atoms with E-state index in [9.17, 15) is 4.79 Å². The Morgan fingerprint density at radius 3 is 2.11 bits per heavy atom. The smallest absolute Gasteiger partial charge is 0.255 e. The number of aromatic nitrogens is 2. The van der Waals surface area contributed by atoms with Crippen molar-refractivity contribution in [3.8, 4) is 22.9 Å². The average molecular weight is 473 g/mol. The quantitative estimate of drug-likeness (QED) is 0.261. The van der Waals surface area contributed by atoms with Crippen LogP contribution in [-0.2, 0) is 0 Å². The van der Waals surface area contributed by atoms with Gasteiger partial charge in [-0.3, -0.25) is 4.79 Å². The van der Waals surface area contributed by atoms with Gasteiger partial charge in [-0.05, 0) is 73.7 Å². The maximum atomic E-state index is 12.7. The van der Waals surface area contributed by atoms with Gasteiger partial charge in [0, 0.05) is 28.7 Å². The van der Waals surface area contributed by atoms with Crippen molar-refractivity contribution < 1.29 is 9.53 Å². The summed E-state index contributed by atoms with van der Waals surface area (Å²) < 4.78 is 5.79. The zero-order chi connectivity index (χ0) is 24.7. The van der Waals surface area contributed by atoms with E-state index in [1.54, 1.807) is 18.3 Å².